The standard InChI is InChI=1S/C27H26N4O3/c1-33-24-12-6-11-22(26(24)34-2)27(32)31-17-15-30(16-18-31)25-14-13-23(28-29-25)21-10-5-8-19-7-3-4-9-20(19)21/h3-14H,15-18H2,1-2H3. The second-order valence-electron chi connectivity index (χ2n) is 8.12. The average molecular weight is 455 g/mol. The summed E-state index contributed by atoms with van der Waals surface area (Å²) in [6.07, 6.45) is 0. The van der Waals surface area contributed by atoms with Crippen LogP contribution in [0.2, 0.25) is 0 Å². The molecule has 0 aliphatic carbocycles. The molecule has 5 rings (SSSR count). The third-order valence-electron chi connectivity index (χ3n) is 6.24. The van der Waals surface area contributed by atoms with Gasteiger partial charge in [-0.3, -0.25) is 4.79 Å². The van der Waals surface area contributed by atoms with Gasteiger partial charge in [-0.25, -0.2) is 0 Å². The lowest BCUT2D eigenvalue weighted by atomic mass is 10.0. The van der Waals surface area contributed by atoms with Crippen molar-refractivity contribution in [1.82, 2.24) is 15.1 Å². The summed E-state index contributed by atoms with van der Waals surface area (Å²) in [6, 6.07) is 23.9. The number of ether oxygens (including phenoxy) is 2. The minimum atomic E-state index is -0.0622. The molecule has 0 saturated carbocycles. The van der Waals surface area contributed by atoms with Gasteiger partial charge >= 0.3 is 0 Å². The van der Waals surface area contributed by atoms with Crippen LogP contribution in [0.25, 0.3) is 22.0 Å². The Kier molecular flexibility index (Phi) is 5.99. The Bertz CT molecular complexity index is 1310. The average Bonchev–Trinajstić information content (AvgIpc) is 2.92. The minimum Gasteiger partial charge on any atom is -0.493 e. The van der Waals surface area contributed by atoms with E-state index >= 15 is 0 Å². The topological polar surface area (TPSA) is 67.8 Å². The molecule has 1 saturated heterocycles. The molecule has 2 heterocycles. The highest BCUT2D eigenvalue weighted by Crippen LogP contribution is 2.32. The Labute approximate surface area is 198 Å². The van der Waals surface area contributed by atoms with Crippen molar-refractivity contribution in [2.45, 2.75) is 0 Å². The van der Waals surface area contributed by atoms with E-state index in [1.165, 1.54) is 5.39 Å². The molecule has 3 aromatic carbocycles. The molecule has 172 valence electrons. The number of benzene rings is 3. The third kappa shape index (κ3) is 4.01. The van der Waals surface area contributed by atoms with Crippen LogP contribution in [-0.2, 0) is 0 Å². The molecule has 0 bridgehead atoms. The second-order valence-corrected chi connectivity index (χ2v) is 8.12. The number of hydrogen-bond acceptors (Lipinski definition) is 6. The Balaban J connectivity index is 1.29. The minimum absolute atomic E-state index is 0.0622. The Morgan fingerprint density at radius 1 is 0.794 bits per heavy atom. The van der Waals surface area contributed by atoms with Crippen LogP contribution in [-0.4, -0.2) is 61.4 Å². The molecule has 1 aromatic heterocycles. The van der Waals surface area contributed by atoms with E-state index in [0.717, 1.165) is 22.5 Å². The van der Waals surface area contributed by atoms with Crippen LogP contribution in [0.15, 0.2) is 72.8 Å². The number of carbonyl (C=O) groups is 1. The van der Waals surface area contributed by atoms with Crippen molar-refractivity contribution in [3.8, 4) is 22.8 Å². The lowest BCUT2D eigenvalue weighted by Gasteiger charge is -2.35. The highest BCUT2D eigenvalue weighted by atomic mass is 16.5. The summed E-state index contributed by atoms with van der Waals surface area (Å²) in [5, 5.41) is 11.4. The fraction of sp³-hybridized carbons (Fsp3) is 0.222. The predicted octanol–water partition coefficient (Wildman–Crippen LogP) is 4.28. The first-order valence-electron chi connectivity index (χ1n) is 11.3. The van der Waals surface area contributed by atoms with Gasteiger partial charge in [-0.15, -0.1) is 10.2 Å². The number of nitrogens with zero attached hydrogens (tertiary/aromatic N) is 4. The first-order valence-corrected chi connectivity index (χ1v) is 11.3. The number of amides is 1. The van der Waals surface area contributed by atoms with Crippen LogP contribution in [0.3, 0.4) is 0 Å². The normalized spacial score (nSPS) is 13.7. The van der Waals surface area contributed by atoms with Crippen molar-refractivity contribution in [3.63, 3.8) is 0 Å². The summed E-state index contributed by atoms with van der Waals surface area (Å²) in [7, 11) is 3.12. The van der Waals surface area contributed by atoms with Gasteiger partial charge in [0.1, 0.15) is 0 Å². The van der Waals surface area contributed by atoms with Crippen LogP contribution in [0.1, 0.15) is 10.4 Å². The van der Waals surface area contributed by atoms with Gasteiger partial charge in [-0.05, 0) is 35.0 Å². The van der Waals surface area contributed by atoms with Crippen molar-refractivity contribution in [2.24, 2.45) is 0 Å². The predicted molar refractivity (Wildman–Crippen MR) is 133 cm³/mol. The zero-order valence-electron chi connectivity index (χ0n) is 19.3. The number of fused-ring (bicyclic) bond motifs is 1. The fourth-order valence-electron chi connectivity index (χ4n) is 4.45. The van der Waals surface area contributed by atoms with Gasteiger partial charge in [-0.2, -0.15) is 0 Å². The molecular weight excluding hydrogens is 428 g/mol. The van der Waals surface area contributed by atoms with E-state index in [1.807, 2.05) is 35.2 Å². The molecule has 7 nitrogen and oxygen atoms in total. The van der Waals surface area contributed by atoms with Gasteiger partial charge < -0.3 is 19.3 Å². The smallest absolute Gasteiger partial charge is 0.257 e. The maximum atomic E-state index is 13.1. The summed E-state index contributed by atoms with van der Waals surface area (Å²) in [4.78, 5) is 17.1. The molecule has 1 fully saturated rings. The van der Waals surface area contributed by atoms with Crippen molar-refractivity contribution in [2.75, 3.05) is 45.3 Å². The molecule has 0 N–H and O–H groups in total. The largest absolute Gasteiger partial charge is 0.493 e. The highest BCUT2D eigenvalue weighted by Gasteiger charge is 2.26. The summed E-state index contributed by atoms with van der Waals surface area (Å²) in [6.45, 7) is 2.54. The molecule has 7 heteroatoms. The van der Waals surface area contributed by atoms with E-state index in [2.05, 4.69) is 39.4 Å². The summed E-state index contributed by atoms with van der Waals surface area (Å²) < 4.78 is 10.8. The van der Waals surface area contributed by atoms with E-state index < -0.39 is 0 Å². The number of para-hydroxylation sites is 1. The Morgan fingerprint density at radius 2 is 1.56 bits per heavy atom. The van der Waals surface area contributed by atoms with Gasteiger partial charge in [0, 0.05) is 31.7 Å². The first-order chi connectivity index (χ1) is 16.7. The van der Waals surface area contributed by atoms with Gasteiger partial charge in [-0.1, -0.05) is 48.5 Å². The van der Waals surface area contributed by atoms with Gasteiger partial charge in [0.25, 0.3) is 5.91 Å². The molecule has 34 heavy (non-hydrogen) atoms. The SMILES string of the molecule is COc1cccc(C(=O)N2CCN(c3ccc(-c4cccc5ccccc45)nn3)CC2)c1OC. The molecule has 0 unspecified atom stereocenters. The van der Waals surface area contributed by atoms with E-state index in [4.69, 9.17) is 9.47 Å². The number of anilines is 1. The summed E-state index contributed by atoms with van der Waals surface area (Å²) >= 11 is 0. The molecule has 1 aliphatic rings. The highest BCUT2D eigenvalue weighted by molar-refractivity contribution is 5.98. The van der Waals surface area contributed by atoms with Crippen molar-refractivity contribution in [1.29, 1.82) is 0 Å². The second kappa shape index (κ2) is 9.39. The molecular formula is C27H26N4O3. The number of methoxy groups -OCH3 is 2. The van der Waals surface area contributed by atoms with Crippen LogP contribution in [0.4, 0.5) is 5.82 Å². The van der Waals surface area contributed by atoms with Crippen LogP contribution < -0.4 is 14.4 Å². The van der Waals surface area contributed by atoms with Crippen LogP contribution >= 0.6 is 0 Å². The lowest BCUT2D eigenvalue weighted by Crippen LogP contribution is -2.49. The van der Waals surface area contributed by atoms with Gasteiger partial charge in [0.05, 0.1) is 25.5 Å². The molecule has 0 atom stereocenters. The van der Waals surface area contributed by atoms with E-state index in [1.54, 1.807) is 32.4 Å². The number of carbonyl (C=O) groups excluding carboxylic acids is 1. The van der Waals surface area contributed by atoms with Gasteiger partial charge in [0.15, 0.2) is 17.3 Å². The third-order valence-corrected chi connectivity index (χ3v) is 6.24. The molecule has 1 amide bonds. The maximum Gasteiger partial charge on any atom is 0.257 e. The van der Waals surface area contributed by atoms with Crippen LogP contribution in [0.5, 0.6) is 11.5 Å². The van der Waals surface area contributed by atoms with Crippen molar-refractivity contribution >= 4 is 22.5 Å². The molecule has 0 spiro atoms. The first kappa shape index (κ1) is 21.7. The fourth-order valence-corrected chi connectivity index (χ4v) is 4.45. The molecule has 1 aliphatic heterocycles. The summed E-state index contributed by atoms with van der Waals surface area (Å²) in [5.74, 6) is 1.77. The number of aromatic nitrogens is 2. The number of hydrogen-bond donors (Lipinski definition) is 0. The Hall–Kier alpha value is -4.13. The van der Waals surface area contributed by atoms with Crippen molar-refractivity contribution < 1.29 is 14.3 Å². The van der Waals surface area contributed by atoms with E-state index in [9.17, 15) is 4.79 Å². The molecule has 4 aromatic rings. The zero-order chi connectivity index (χ0) is 23.5. The van der Waals surface area contributed by atoms with Crippen LogP contribution in [0, 0.1) is 0 Å². The number of rotatable bonds is 5. The van der Waals surface area contributed by atoms with E-state index in [0.29, 0.717) is 43.2 Å². The summed E-state index contributed by atoms with van der Waals surface area (Å²) in [5.41, 5.74) is 2.42. The van der Waals surface area contributed by atoms with E-state index in [-0.39, 0.29) is 5.91 Å². The monoisotopic (exact) mass is 454 g/mol. The van der Waals surface area contributed by atoms with Gasteiger partial charge in [0.2, 0.25) is 0 Å². The Morgan fingerprint density at radius 3 is 2.29 bits per heavy atom. The number of piperazine rings is 1. The maximum absolute atomic E-state index is 13.1. The lowest BCUT2D eigenvalue weighted by molar-refractivity contribution is 0.0742. The molecule has 0 radical (unpaired) electrons. The quantitative estimate of drug-likeness (QED) is 0.449. The zero-order valence-corrected chi connectivity index (χ0v) is 19.3. The van der Waals surface area contributed by atoms with Crippen molar-refractivity contribution in [3.05, 3.63) is 78.4 Å².